The summed E-state index contributed by atoms with van der Waals surface area (Å²) in [5.74, 6) is -1.14. The molecule has 2 aromatic heterocycles. The summed E-state index contributed by atoms with van der Waals surface area (Å²) in [5, 5.41) is 22.8. The number of carboxylic acids is 1. The molecule has 0 bridgehead atoms. The Morgan fingerprint density at radius 2 is 2.24 bits per heavy atom. The standard InChI is InChI=1S/C13H13N3O4S/c1-7-3-4-11(21-7)8(2)15-12-10(13(17)18)5-9(6-14-12)16(19)20/h3-6,8H,1-2H3,(H,14,15)(H,17,18). The van der Waals surface area contributed by atoms with Gasteiger partial charge in [0.1, 0.15) is 17.6 Å². The van der Waals surface area contributed by atoms with Crippen molar-refractivity contribution in [1.82, 2.24) is 4.98 Å². The number of pyridine rings is 1. The second-order valence-corrected chi connectivity index (χ2v) is 5.79. The Kier molecular flexibility index (Phi) is 4.18. The number of anilines is 1. The lowest BCUT2D eigenvalue weighted by Crippen LogP contribution is -2.12. The van der Waals surface area contributed by atoms with E-state index in [0.717, 1.165) is 22.0 Å². The van der Waals surface area contributed by atoms with Gasteiger partial charge in [0.25, 0.3) is 5.69 Å². The number of aromatic carboxylic acids is 1. The molecular formula is C13H13N3O4S. The molecule has 2 aromatic rings. The van der Waals surface area contributed by atoms with E-state index in [1.807, 2.05) is 26.0 Å². The van der Waals surface area contributed by atoms with Gasteiger partial charge in [0.05, 0.1) is 11.0 Å². The van der Waals surface area contributed by atoms with Crippen molar-refractivity contribution in [3.8, 4) is 0 Å². The molecule has 0 aliphatic heterocycles. The van der Waals surface area contributed by atoms with Crippen molar-refractivity contribution in [2.75, 3.05) is 5.32 Å². The first-order valence-electron chi connectivity index (χ1n) is 6.09. The number of carboxylic acid groups (broad SMARTS) is 1. The summed E-state index contributed by atoms with van der Waals surface area (Å²) < 4.78 is 0. The van der Waals surface area contributed by atoms with Crippen LogP contribution in [0.5, 0.6) is 0 Å². The fourth-order valence-electron chi connectivity index (χ4n) is 1.79. The van der Waals surface area contributed by atoms with Gasteiger partial charge < -0.3 is 10.4 Å². The average molecular weight is 307 g/mol. The van der Waals surface area contributed by atoms with E-state index in [2.05, 4.69) is 10.3 Å². The molecule has 0 aliphatic rings. The van der Waals surface area contributed by atoms with Gasteiger partial charge in [-0.1, -0.05) is 0 Å². The second-order valence-electron chi connectivity index (χ2n) is 4.47. The Morgan fingerprint density at radius 1 is 1.52 bits per heavy atom. The van der Waals surface area contributed by atoms with E-state index >= 15 is 0 Å². The van der Waals surface area contributed by atoms with Gasteiger partial charge in [-0.15, -0.1) is 11.3 Å². The predicted octanol–water partition coefficient (Wildman–Crippen LogP) is 3.23. The van der Waals surface area contributed by atoms with Crippen LogP contribution in [0, 0.1) is 17.0 Å². The van der Waals surface area contributed by atoms with E-state index in [4.69, 9.17) is 5.11 Å². The Bertz CT molecular complexity index is 698. The largest absolute Gasteiger partial charge is 0.478 e. The Hall–Kier alpha value is -2.48. The molecule has 2 N–H and O–H groups in total. The summed E-state index contributed by atoms with van der Waals surface area (Å²) in [4.78, 5) is 27.3. The van der Waals surface area contributed by atoms with Crippen molar-refractivity contribution >= 4 is 28.8 Å². The number of hydrogen-bond acceptors (Lipinski definition) is 6. The molecule has 7 nitrogen and oxygen atoms in total. The molecule has 110 valence electrons. The minimum Gasteiger partial charge on any atom is -0.478 e. The number of nitrogens with one attached hydrogen (secondary N) is 1. The van der Waals surface area contributed by atoms with E-state index in [-0.39, 0.29) is 23.1 Å². The van der Waals surface area contributed by atoms with Crippen LogP contribution in [0.1, 0.15) is 33.1 Å². The fourth-order valence-corrected chi connectivity index (χ4v) is 2.67. The van der Waals surface area contributed by atoms with Crippen molar-refractivity contribution < 1.29 is 14.8 Å². The van der Waals surface area contributed by atoms with Crippen molar-refractivity contribution in [2.24, 2.45) is 0 Å². The van der Waals surface area contributed by atoms with Crippen LogP contribution in [0.25, 0.3) is 0 Å². The molecular weight excluding hydrogens is 294 g/mol. The van der Waals surface area contributed by atoms with E-state index in [1.165, 1.54) is 0 Å². The van der Waals surface area contributed by atoms with Gasteiger partial charge in [0, 0.05) is 15.8 Å². The molecule has 1 atom stereocenters. The van der Waals surface area contributed by atoms with Crippen LogP contribution in [0.4, 0.5) is 11.5 Å². The van der Waals surface area contributed by atoms with Crippen molar-refractivity contribution in [1.29, 1.82) is 0 Å². The number of aromatic nitrogens is 1. The van der Waals surface area contributed by atoms with Crippen LogP contribution in [0.15, 0.2) is 24.4 Å². The summed E-state index contributed by atoms with van der Waals surface area (Å²) in [6.07, 6.45) is 1.04. The maximum Gasteiger partial charge on any atom is 0.339 e. The van der Waals surface area contributed by atoms with E-state index in [1.54, 1.807) is 11.3 Å². The van der Waals surface area contributed by atoms with Gasteiger partial charge in [0.15, 0.2) is 0 Å². The number of thiophene rings is 1. The first-order valence-corrected chi connectivity index (χ1v) is 6.90. The summed E-state index contributed by atoms with van der Waals surface area (Å²) in [6.45, 7) is 3.85. The molecule has 2 heterocycles. The molecule has 0 saturated carbocycles. The van der Waals surface area contributed by atoms with Crippen LogP contribution in [-0.2, 0) is 0 Å². The first-order chi connectivity index (χ1) is 9.88. The number of aryl methyl sites for hydroxylation is 1. The smallest absolute Gasteiger partial charge is 0.339 e. The Morgan fingerprint density at radius 3 is 2.76 bits per heavy atom. The quantitative estimate of drug-likeness (QED) is 0.649. The average Bonchev–Trinajstić information content (AvgIpc) is 2.85. The zero-order valence-corrected chi connectivity index (χ0v) is 12.2. The van der Waals surface area contributed by atoms with Crippen LogP contribution >= 0.6 is 11.3 Å². The van der Waals surface area contributed by atoms with Gasteiger partial charge in [-0.3, -0.25) is 10.1 Å². The van der Waals surface area contributed by atoms with Crippen molar-refractivity contribution in [2.45, 2.75) is 19.9 Å². The molecule has 1 unspecified atom stereocenters. The third-order valence-corrected chi connectivity index (χ3v) is 4.04. The summed E-state index contributed by atoms with van der Waals surface area (Å²) >= 11 is 1.59. The molecule has 0 aromatic carbocycles. The SMILES string of the molecule is Cc1ccc(C(C)Nc2ncc([N+](=O)[O-])cc2C(=O)O)s1. The minimum atomic E-state index is -1.26. The highest BCUT2D eigenvalue weighted by Crippen LogP contribution is 2.27. The lowest BCUT2D eigenvalue weighted by atomic mass is 10.2. The highest BCUT2D eigenvalue weighted by Gasteiger charge is 2.19. The van der Waals surface area contributed by atoms with Gasteiger partial charge >= 0.3 is 5.97 Å². The maximum atomic E-state index is 11.2. The van der Waals surface area contributed by atoms with Gasteiger partial charge in [0.2, 0.25) is 0 Å². The second kappa shape index (κ2) is 5.88. The lowest BCUT2D eigenvalue weighted by molar-refractivity contribution is -0.385. The number of nitro groups is 1. The van der Waals surface area contributed by atoms with E-state index in [0.29, 0.717) is 0 Å². The van der Waals surface area contributed by atoms with Crippen LogP contribution in [0.2, 0.25) is 0 Å². The summed E-state index contributed by atoms with van der Waals surface area (Å²) in [6, 6.07) is 4.78. The first kappa shape index (κ1) is 14.9. The number of rotatable bonds is 5. The molecule has 0 fully saturated rings. The molecule has 8 heteroatoms. The summed E-state index contributed by atoms with van der Waals surface area (Å²) in [7, 11) is 0. The highest BCUT2D eigenvalue weighted by molar-refractivity contribution is 7.12. The molecule has 0 radical (unpaired) electrons. The van der Waals surface area contributed by atoms with E-state index in [9.17, 15) is 14.9 Å². The van der Waals surface area contributed by atoms with Gasteiger partial charge in [-0.2, -0.15) is 0 Å². The van der Waals surface area contributed by atoms with Crippen molar-refractivity contribution in [3.63, 3.8) is 0 Å². The minimum absolute atomic E-state index is 0.117. The Labute approximate surface area is 124 Å². The molecule has 0 aliphatic carbocycles. The van der Waals surface area contributed by atoms with Crippen molar-refractivity contribution in [3.05, 3.63) is 49.8 Å². The third-order valence-electron chi connectivity index (χ3n) is 2.86. The molecule has 0 spiro atoms. The van der Waals surface area contributed by atoms with E-state index < -0.39 is 10.9 Å². The van der Waals surface area contributed by atoms with Gasteiger partial charge in [-0.05, 0) is 26.0 Å². The summed E-state index contributed by atoms with van der Waals surface area (Å²) in [5.41, 5.74) is -0.568. The molecule has 2 rings (SSSR count). The number of nitrogens with zero attached hydrogens (tertiary/aromatic N) is 2. The topological polar surface area (TPSA) is 105 Å². The number of carbonyl (C=O) groups is 1. The van der Waals surface area contributed by atoms with Gasteiger partial charge in [-0.25, -0.2) is 9.78 Å². The zero-order chi connectivity index (χ0) is 15.6. The van der Waals surface area contributed by atoms with Crippen LogP contribution in [0.3, 0.4) is 0 Å². The van der Waals surface area contributed by atoms with Crippen LogP contribution in [-0.4, -0.2) is 21.0 Å². The monoisotopic (exact) mass is 307 g/mol. The lowest BCUT2D eigenvalue weighted by Gasteiger charge is -2.14. The molecule has 0 amide bonds. The highest BCUT2D eigenvalue weighted by atomic mass is 32.1. The molecule has 21 heavy (non-hydrogen) atoms. The molecule has 0 saturated heterocycles. The zero-order valence-electron chi connectivity index (χ0n) is 11.4. The normalized spacial score (nSPS) is 11.9. The van der Waals surface area contributed by atoms with Crippen LogP contribution < -0.4 is 5.32 Å². The maximum absolute atomic E-state index is 11.2. The third kappa shape index (κ3) is 3.34. The Balaban J connectivity index is 2.31. The fraction of sp³-hybridized carbons (Fsp3) is 0.231. The predicted molar refractivity (Wildman–Crippen MR) is 78.9 cm³/mol. The number of hydrogen-bond donors (Lipinski definition) is 2.